The number of likely N-dealkylation sites (N-methyl/N-ethyl adjacent to an activating group) is 1. The van der Waals surface area contributed by atoms with E-state index in [1.165, 1.54) is 6.42 Å². The maximum Gasteiger partial charge on any atom is 0.236 e. The second kappa shape index (κ2) is 7.25. The van der Waals surface area contributed by atoms with Crippen LogP contribution in [0.3, 0.4) is 0 Å². The van der Waals surface area contributed by atoms with Crippen molar-refractivity contribution in [3.8, 4) is 0 Å². The van der Waals surface area contributed by atoms with Gasteiger partial charge in [-0.3, -0.25) is 9.69 Å². The molecule has 1 atom stereocenters. The summed E-state index contributed by atoms with van der Waals surface area (Å²) in [7, 11) is 0. The van der Waals surface area contributed by atoms with E-state index < -0.39 is 5.60 Å². The van der Waals surface area contributed by atoms with Crippen molar-refractivity contribution in [2.24, 2.45) is 0 Å². The lowest BCUT2D eigenvalue weighted by atomic mass is 10.00. The van der Waals surface area contributed by atoms with E-state index in [1.54, 1.807) is 13.8 Å². The second-order valence-electron chi connectivity index (χ2n) is 6.26. The maximum atomic E-state index is 12.4. The quantitative estimate of drug-likeness (QED) is 0.801. The van der Waals surface area contributed by atoms with E-state index in [-0.39, 0.29) is 5.91 Å². The van der Waals surface area contributed by atoms with Crippen LogP contribution in [0, 0.1) is 0 Å². The van der Waals surface area contributed by atoms with Gasteiger partial charge in [0.25, 0.3) is 0 Å². The highest BCUT2D eigenvalue weighted by atomic mass is 16.3. The molecule has 1 heterocycles. The summed E-state index contributed by atoms with van der Waals surface area (Å²) < 4.78 is 0. The van der Waals surface area contributed by atoms with Crippen LogP contribution in [0.2, 0.25) is 0 Å². The molecule has 0 aromatic carbocycles. The van der Waals surface area contributed by atoms with Crippen molar-refractivity contribution in [3.05, 3.63) is 0 Å². The minimum absolute atomic E-state index is 0.220. The summed E-state index contributed by atoms with van der Waals surface area (Å²) in [6.45, 7) is 10.4. The summed E-state index contributed by atoms with van der Waals surface area (Å²) in [5, 5.41) is 9.87. The molecule has 4 heteroatoms. The fourth-order valence-electron chi connectivity index (χ4n) is 2.86. The molecule has 1 fully saturated rings. The molecule has 1 unspecified atom stereocenters. The molecule has 0 aliphatic carbocycles. The van der Waals surface area contributed by atoms with Crippen LogP contribution in [-0.2, 0) is 4.79 Å². The third-order valence-electron chi connectivity index (χ3n) is 3.84. The molecule has 1 aliphatic heterocycles. The Morgan fingerprint density at radius 2 is 2.05 bits per heavy atom. The van der Waals surface area contributed by atoms with E-state index in [2.05, 4.69) is 11.8 Å². The number of piperidine rings is 1. The van der Waals surface area contributed by atoms with Gasteiger partial charge in [0.2, 0.25) is 5.91 Å². The molecule has 1 rings (SSSR count). The Bertz CT molecular complexity index is 286. The summed E-state index contributed by atoms with van der Waals surface area (Å²) >= 11 is 0. The standard InChI is InChI=1S/C15H30N2O2/c1-5-13-9-7-8-10-17(13)14(18)11-16(6-2)12-15(3,4)19/h13,19H,5-12H2,1-4H3. The summed E-state index contributed by atoms with van der Waals surface area (Å²) in [5.41, 5.74) is -0.748. The van der Waals surface area contributed by atoms with Crippen LogP contribution in [0.4, 0.5) is 0 Å². The Hall–Kier alpha value is -0.610. The van der Waals surface area contributed by atoms with E-state index >= 15 is 0 Å². The first-order valence-corrected chi connectivity index (χ1v) is 7.61. The van der Waals surface area contributed by atoms with Crippen LogP contribution >= 0.6 is 0 Å². The summed E-state index contributed by atoms with van der Waals surface area (Å²) in [4.78, 5) is 16.5. The van der Waals surface area contributed by atoms with Crippen molar-refractivity contribution in [2.75, 3.05) is 26.2 Å². The number of hydrogen-bond acceptors (Lipinski definition) is 3. The molecule has 112 valence electrons. The van der Waals surface area contributed by atoms with Crippen molar-refractivity contribution in [3.63, 3.8) is 0 Å². The summed E-state index contributed by atoms with van der Waals surface area (Å²) in [5.74, 6) is 0.220. The normalized spacial score (nSPS) is 20.9. The highest BCUT2D eigenvalue weighted by Crippen LogP contribution is 2.19. The van der Waals surface area contributed by atoms with Gasteiger partial charge in [-0.1, -0.05) is 13.8 Å². The van der Waals surface area contributed by atoms with Crippen molar-refractivity contribution in [2.45, 2.75) is 65.0 Å². The van der Waals surface area contributed by atoms with Gasteiger partial charge in [0.05, 0.1) is 12.1 Å². The molecule has 0 aromatic heterocycles. The average Bonchev–Trinajstić information content (AvgIpc) is 2.36. The molecule has 0 spiro atoms. The zero-order valence-electron chi connectivity index (χ0n) is 13.0. The minimum Gasteiger partial charge on any atom is -0.389 e. The third-order valence-corrected chi connectivity index (χ3v) is 3.84. The van der Waals surface area contributed by atoms with Crippen molar-refractivity contribution >= 4 is 5.91 Å². The zero-order chi connectivity index (χ0) is 14.5. The minimum atomic E-state index is -0.748. The van der Waals surface area contributed by atoms with E-state index in [0.29, 0.717) is 19.1 Å². The Kier molecular flexibility index (Phi) is 6.27. The topological polar surface area (TPSA) is 43.8 Å². The zero-order valence-corrected chi connectivity index (χ0v) is 13.0. The molecule has 0 radical (unpaired) electrons. The lowest BCUT2D eigenvalue weighted by Gasteiger charge is -2.37. The van der Waals surface area contributed by atoms with Crippen LogP contribution in [0.25, 0.3) is 0 Å². The van der Waals surface area contributed by atoms with Crippen LogP contribution < -0.4 is 0 Å². The number of nitrogens with zero attached hydrogens (tertiary/aromatic N) is 2. The van der Waals surface area contributed by atoms with Crippen molar-refractivity contribution in [1.29, 1.82) is 0 Å². The number of likely N-dealkylation sites (tertiary alicyclic amines) is 1. The van der Waals surface area contributed by atoms with Gasteiger partial charge in [-0.25, -0.2) is 0 Å². The van der Waals surface area contributed by atoms with Gasteiger partial charge < -0.3 is 10.0 Å². The Morgan fingerprint density at radius 3 is 2.58 bits per heavy atom. The van der Waals surface area contributed by atoms with Crippen molar-refractivity contribution in [1.82, 2.24) is 9.80 Å². The molecule has 1 amide bonds. The number of rotatable bonds is 6. The maximum absolute atomic E-state index is 12.4. The lowest BCUT2D eigenvalue weighted by molar-refractivity contribution is -0.136. The monoisotopic (exact) mass is 270 g/mol. The SMILES string of the molecule is CCC1CCCCN1C(=O)CN(CC)CC(C)(C)O. The molecule has 0 aromatic rings. The number of amides is 1. The van der Waals surface area contributed by atoms with Gasteiger partial charge in [0, 0.05) is 19.1 Å². The molecule has 1 saturated heterocycles. The fraction of sp³-hybridized carbons (Fsp3) is 0.933. The van der Waals surface area contributed by atoms with Crippen LogP contribution in [-0.4, -0.2) is 58.6 Å². The first-order chi connectivity index (χ1) is 8.87. The van der Waals surface area contributed by atoms with E-state index in [1.807, 2.05) is 11.8 Å². The number of hydrogen-bond donors (Lipinski definition) is 1. The summed E-state index contributed by atoms with van der Waals surface area (Å²) in [6.07, 6.45) is 4.55. The first kappa shape index (κ1) is 16.4. The van der Waals surface area contributed by atoms with Gasteiger partial charge in [-0.05, 0) is 46.1 Å². The largest absolute Gasteiger partial charge is 0.389 e. The first-order valence-electron chi connectivity index (χ1n) is 7.61. The fourth-order valence-corrected chi connectivity index (χ4v) is 2.86. The van der Waals surface area contributed by atoms with Crippen LogP contribution in [0.5, 0.6) is 0 Å². The summed E-state index contributed by atoms with van der Waals surface area (Å²) in [6, 6.07) is 0.419. The van der Waals surface area contributed by atoms with Crippen LogP contribution in [0.15, 0.2) is 0 Å². The van der Waals surface area contributed by atoms with Crippen molar-refractivity contribution < 1.29 is 9.90 Å². The smallest absolute Gasteiger partial charge is 0.236 e. The molecule has 4 nitrogen and oxygen atoms in total. The Labute approximate surface area is 117 Å². The molecule has 1 aliphatic rings. The van der Waals surface area contributed by atoms with E-state index in [4.69, 9.17) is 0 Å². The predicted octanol–water partition coefficient (Wildman–Crippen LogP) is 1.87. The lowest BCUT2D eigenvalue weighted by Crippen LogP contribution is -2.49. The predicted molar refractivity (Wildman–Crippen MR) is 78.1 cm³/mol. The number of aliphatic hydroxyl groups is 1. The molecule has 1 N–H and O–H groups in total. The molecular formula is C15H30N2O2. The highest BCUT2D eigenvalue weighted by molar-refractivity contribution is 5.78. The van der Waals surface area contributed by atoms with Gasteiger partial charge in [0.1, 0.15) is 0 Å². The van der Waals surface area contributed by atoms with E-state index in [9.17, 15) is 9.90 Å². The van der Waals surface area contributed by atoms with Gasteiger partial charge in [-0.15, -0.1) is 0 Å². The second-order valence-corrected chi connectivity index (χ2v) is 6.26. The van der Waals surface area contributed by atoms with Gasteiger partial charge >= 0.3 is 0 Å². The molecule has 0 saturated carbocycles. The van der Waals surface area contributed by atoms with Crippen LogP contribution in [0.1, 0.15) is 53.4 Å². The third kappa shape index (κ3) is 5.49. The molecule has 19 heavy (non-hydrogen) atoms. The van der Waals surface area contributed by atoms with E-state index in [0.717, 1.165) is 32.4 Å². The Balaban J connectivity index is 2.55. The molecular weight excluding hydrogens is 240 g/mol. The number of carbonyl (C=O) groups excluding carboxylic acids is 1. The Morgan fingerprint density at radius 1 is 1.37 bits per heavy atom. The molecule has 0 bridgehead atoms. The highest BCUT2D eigenvalue weighted by Gasteiger charge is 2.27. The average molecular weight is 270 g/mol. The number of carbonyl (C=O) groups is 1. The van der Waals surface area contributed by atoms with Gasteiger partial charge in [0.15, 0.2) is 0 Å². The van der Waals surface area contributed by atoms with Gasteiger partial charge in [-0.2, -0.15) is 0 Å².